The number of carboxylic acids is 1. The average Bonchev–Trinajstić information content (AvgIpc) is 2.11. The summed E-state index contributed by atoms with van der Waals surface area (Å²) in [6, 6.07) is 2.82. The van der Waals surface area contributed by atoms with Gasteiger partial charge in [-0.2, -0.15) is 0 Å². The maximum Gasteiger partial charge on any atom is 0.339 e. The van der Waals surface area contributed by atoms with Gasteiger partial charge in [-0.05, 0) is 18.0 Å². The molecule has 6 heteroatoms. The van der Waals surface area contributed by atoms with E-state index in [4.69, 9.17) is 10.6 Å². The molecule has 0 heterocycles. The Morgan fingerprint density at radius 3 is 2.71 bits per heavy atom. The smallest absolute Gasteiger partial charge is 0.339 e. The van der Waals surface area contributed by atoms with E-state index in [0.29, 0.717) is 5.56 Å². The van der Waals surface area contributed by atoms with Gasteiger partial charge < -0.3 is 10.2 Å². The summed E-state index contributed by atoms with van der Waals surface area (Å²) >= 11 is 0. The molecule has 0 bridgehead atoms. The lowest BCUT2D eigenvalue weighted by Gasteiger charge is -2.05. The predicted molar refractivity (Wildman–Crippen MR) is 48.6 cm³/mol. The summed E-state index contributed by atoms with van der Waals surface area (Å²) in [6.07, 6.45) is 0. The van der Waals surface area contributed by atoms with Crippen molar-refractivity contribution in [3.05, 3.63) is 33.7 Å². The van der Waals surface area contributed by atoms with Crippen LogP contribution in [0.25, 0.3) is 10.4 Å². The first-order chi connectivity index (χ1) is 6.57. The zero-order valence-corrected chi connectivity index (χ0v) is 7.30. The summed E-state index contributed by atoms with van der Waals surface area (Å²) in [5, 5.41) is 21.3. The minimum atomic E-state index is -1.33. The molecule has 0 radical (unpaired) electrons. The Kier molecular flexibility index (Phi) is 2.59. The Hall–Kier alpha value is -2.20. The van der Waals surface area contributed by atoms with Gasteiger partial charge in [-0.1, -0.05) is 17.2 Å². The molecule has 72 valence electrons. The van der Waals surface area contributed by atoms with Crippen LogP contribution in [0.5, 0.6) is 5.75 Å². The first kappa shape index (κ1) is 9.88. The second-order valence-electron chi connectivity index (χ2n) is 2.62. The van der Waals surface area contributed by atoms with E-state index in [-0.39, 0.29) is 17.0 Å². The van der Waals surface area contributed by atoms with Crippen LogP contribution in [-0.2, 0) is 0 Å². The molecule has 0 unspecified atom stereocenters. The maximum absolute atomic E-state index is 10.7. The molecule has 0 saturated carbocycles. The number of carbonyl (C=O) groups is 1. The van der Waals surface area contributed by atoms with E-state index >= 15 is 0 Å². The highest BCUT2D eigenvalue weighted by molar-refractivity contribution is 5.96. The van der Waals surface area contributed by atoms with Crippen LogP contribution < -0.4 is 0 Å². The SMILES string of the molecule is Cc1ccc(N=[N+]=[N-])c(C(=O)O)c1O. The lowest BCUT2D eigenvalue weighted by molar-refractivity contribution is 0.0694. The number of nitrogens with zero attached hydrogens (tertiary/aromatic N) is 3. The molecule has 0 atom stereocenters. The van der Waals surface area contributed by atoms with Crippen molar-refractivity contribution in [1.29, 1.82) is 0 Å². The third-order valence-corrected chi connectivity index (χ3v) is 1.72. The van der Waals surface area contributed by atoms with Gasteiger partial charge in [-0.25, -0.2) is 4.79 Å². The number of carboxylic acid groups (broad SMARTS) is 1. The molecule has 0 spiro atoms. The minimum Gasteiger partial charge on any atom is -0.507 e. The largest absolute Gasteiger partial charge is 0.507 e. The Morgan fingerprint density at radius 2 is 2.21 bits per heavy atom. The monoisotopic (exact) mass is 193 g/mol. The average molecular weight is 193 g/mol. The summed E-state index contributed by atoms with van der Waals surface area (Å²) in [5.41, 5.74) is 8.12. The predicted octanol–water partition coefficient (Wildman–Crippen LogP) is 2.34. The number of hydrogen-bond acceptors (Lipinski definition) is 3. The third-order valence-electron chi connectivity index (χ3n) is 1.72. The van der Waals surface area contributed by atoms with Crippen molar-refractivity contribution in [2.24, 2.45) is 5.11 Å². The molecule has 0 aliphatic carbocycles. The van der Waals surface area contributed by atoms with E-state index in [2.05, 4.69) is 10.0 Å². The van der Waals surface area contributed by atoms with Gasteiger partial charge in [0.15, 0.2) is 0 Å². The number of rotatable bonds is 2. The molecule has 2 N–H and O–H groups in total. The molecular formula is C8H7N3O3. The van der Waals surface area contributed by atoms with E-state index in [1.54, 1.807) is 6.92 Å². The molecule has 0 aliphatic heterocycles. The fourth-order valence-electron chi connectivity index (χ4n) is 1.03. The number of hydrogen-bond donors (Lipinski definition) is 2. The number of aromatic hydroxyl groups is 1. The molecule has 0 saturated heterocycles. The van der Waals surface area contributed by atoms with Crippen molar-refractivity contribution in [1.82, 2.24) is 0 Å². The van der Waals surface area contributed by atoms with Crippen molar-refractivity contribution < 1.29 is 15.0 Å². The third kappa shape index (κ3) is 1.60. The number of aryl methyl sites for hydroxylation is 1. The Morgan fingerprint density at radius 1 is 1.57 bits per heavy atom. The van der Waals surface area contributed by atoms with Crippen molar-refractivity contribution in [3.8, 4) is 5.75 Å². The van der Waals surface area contributed by atoms with Crippen LogP contribution in [0.15, 0.2) is 17.2 Å². The fourth-order valence-corrected chi connectivity index (χ4v) is 1.03. The van der Waals surface area contributed by atoms with Crippen molar-refractivity contribution in [3.63, 3.8) is 0 Å². The minimum absolute atomic E-state index is 0.0944. The molecule has 0 fully saturated rings. The Bertz CT molecular complexity index is 436. The summed E-state index contributed by atoms with van der Waals surface area (Å²) in [5.74, 6) is -1.70. The lowest BCUT2D eigenvalue weighted by Crippen LogP contribution is -1.98. The highest BCUT2D eigenvalue weighted by Gasteiger charge is 2.15. The van der Waals surface area contributed by atoms with Gasteiger partial charge in [0.05, 0.1) is 5.69 Å². The molecule has 0 aromatic heterocycles. The van der Waals surface area contributed by atoms with Gasteiger partial charge in [0.2, 0.25) is 0 Å². The highest BCUT2D eigenvalue weighted by Crippen LogP contribution is 2.31. The number of benzene rings is 1. The first-order valence-corrected chi connectivity index (χ1v) is 3.69. The maximum atomic E-state index is 10.7. The first-order valence-electron chi connectivity index (χ1n) is 3.69. The molecule has 1 aromatic rings. The van der Waals surface area contributed by atoms with E-state index in [1.807, 2.05) is 0 Å². The highest BCUT2D eigenvalue weighted by atomic mass is 16.4. The van der Waals surface area contributed by atoms with E-state index < -0.39 is 5.97 Å². The van der Waals surface area contributed by atoms with Gasteiger partial charge in [-0.3, -0.25) is 0 Å². The van der Waals surface area contributed by atoms with Crippen LogP contribution in [-0.4, -0.2) is 16.2 Å². The zero-order chi connectivity index (χ0) is 10.7. The summed E-state index contributed by atoms with van der Waals surface area (Å²) in [4.78, 5) is 13.2. The van der Waals surface area contributed by atoms with Gasteiger partial charge in [0.1, 0.15) is 11.3 Å². The van der Waals surface area contributed by atoms with E-state index in [9.17, 15) is 9.90 Å². The fraction of sp³-hybridized carbons (Fsp3) is 0.125. The van der Waals surface area contributed by atoms with Crippen LogP contribution in [0, 0.1) is 6.92 Å². The van der Waals surface area contributed by atoms with Crippen LogP contribution >= 0.6 is 0 Å². The number of aromatic carboxylic acids is 1. The molecular weight excluding hydrogens is 186 g/mol. The van der Waals surface area contributed by atoms with Gasteiger partial charge in [-0.15, -0.1) is 0 Å². The topological polar surface area (TPSA) is 106 Å². The van der Waals surface area contributed by atoms with Gasteiger partial charge in [0.25, 0.3) is 0 Å². The van der Waals surface area contributed by atoms with Crippen LogP contribution in [0.1, 0.15) is 15.9 Å². The number of azide groups is 1. The lowest BCUT2D eigenvalue weighted by atomic mass is 10.1. The van der Waals surface area contributed by atoms with E-state index in [1.165, 1.54) is 12.1 Å². The van der Waals surface area contributed by atoms with E-state index in [0.717, 1.165) is 0 Å². The van der Waals surface area contributed by atoms with Crippen LogP contribution in [0.4, 0.5) is 5.69 Å². The van der Waals surface area contributed by atoms with Crippen LogP contribution in [0.3, 0.4) is 0 Å². The van der Waals surface area contributed by atoms with Gasteiger partial charge in [0, 0.05) is 4.91 Å². The second kappa shape index (κ2) is 3.68. The molecule has 0 aliphatic rings. The van der Waals surface area contributed by atoms with Crippen molar-refractivity contribution >= 4 is 11.7 Å². The Balaban J connectivity index is 3.52. The summed E-state index contributed by atoms with van der Waals surface area (Å²) < 4.78 is 0. The molecule has 14 heavy (non-hydrogen) atoms. The molecule has 1 aromatic carbocycles. The molecule has 0 amide bonds. The normalized spacial score (nSPS) is 9.21. The van der Waals surface area contributed by atoms with Crippen molar-refractivity contribution in [2.45, 2.75) is 6.92 Å². The standard InChI is InChI=1S/C8H7N3O3/c1-4-2-3-5(10-11-9)6(7(4)12)8(13)14/h2-3,12H,1H3,(H,13,14). The Labute approximate surface area is 79.0 Å². The molecule has 6 nitrogen and oxygen atoms in total. The van der Waals surface area contributed by atoms with Crippen molar-refractivity contribution in [2.75, 3.05) is 0 Å². The van der Waals surface area contributed by atoms with Crippen LogP contribution in [0.2, 0.25) is 0 Å². The van der Waals surface area contributed by atoms with Gasteiger partial charge >= 0.3 is 5.97 Å². The summed E-state index contributed by atoms with van der Waals surface area (Å²) in [6.45, 7) is 1.56. The zero-order valence-electron chi connectivity index (χ0n) is 7.30. The second-order valence-corrected chi connectivity index (χ2v) is 2.62. The molecule has 1 rings (SSSR count). The number of phenols is 1. The quantitative estimate of drug-likeness (QED) is 0.427. The summed E-state index contributed by atoms with van der Waals surface area (Å²) in [7, 11) is 0.